The van der Waals surface area contributed by atoms with Gasteiger partial charge in [-0.15, -0.1) is 0 Å². The van der Waals surface area contributed by atoms with Crippen molar-refractivity contribution >= 4 is 23.2 Å². The molecular formula is C25H22ClN5O3. The maximum atomic E-state index is 12.5. The van der Waals surface area contributed by atoms with Gasteiger partial charge in [-0.25, -0.2) is 9.50 Å². The Morgan fingerprint density at radius 2 is 2.00 bits per heavy atom. The Balaban J connectivity index is 1.60. The molecule has 2 aliphatic rings. The number of carbonyl (C=O) groups excluding carboxylic acids is 1. The highest BCUT2D eigenvalue weighted by molar-refractivity contribution is 6.32. The third kappa shape index (κ3) is 3.02. The predicted octanol–water partition coefficient (Wildman–Crippen LogP) is 3.91. The molecule has 3 atom stereocenters. The van der Waals surface area contributed by atoms with E-state index < -0.39 is 0 Å². The Morgan fingerprint density at radius 1 is 1.21 bits per heavy atom. The van der Waals surface area contributed by atoms with Gasteiger partial charge in [0.2, 0.25) is 0 Å². The van der Waals surface area contributed by atoms with Gasteiger partial charge in [0.05, 0.1) is 35.3 Å². The number of pyridine rings is 1. The van der Waals surface area contributed by atoms with Crippen molar-refractivity contribution in [1.29, 1.82) is 0 Å². The van der Waals surface area contributed by atoms with Crippen molar-refractivity contribution in [3.8, 4) is 28.1 Å². The van der Waals surface area contributed by atoms with Crippen LogP contribution in [0.3, 0.4) is 0 Å². The van der Waals surface area contributed by atoms with E-state index in [-0.39, 0.29) is 34.7 Å². The molecule has 0 amide bonds. The highest BCUT2D eigenvalue weighted by Crippen LogP contribution is 2.47. The van der Waals surface area contributed by atoms with Gasteiger partial charge in [0.15, 0.2) is 5.65 Å². The Kier molecular flexibility index (Phi) is 4.82. The number of methoxy groups -OCH3 is 1. The van der Waals surface area contributed by atoms with Crippen LogP contribution in [0.5, 0.6) is 5.75 Å². The molecule has 0 radical (unpaired) electrons. The van der Waals surface area contributed by atoms with Gasteiger partial charge in [-0.2, -0.15) is 5.10 Å². The molecule has 1 aromatic carbocycles. The van der Waals surface area contributed by atoms with Crippen LogP contribution >= 0.6 is 11.6 Å². The molecule has 2 aliphatic heterocycles. The van der Waals surface area contributed by atoms with E-state index in [1.807, 2.05) is 28.9 Å². The number of carbonyl (C=O) groups is 1. The molecule has 3 aromatic heterocycles. The van der Waals surface area contributed by atoms with E-state index >= 15 is 0 Å². The van der Waals surface area contributed by atoms with Crippen molar-refractivity contribution < 1.29 is 14.6 Å². The summed E-state index contributed by atoms with van der Waals surface area (Å²) in [7, 11) is 3.50. The molecule has 0 saturated carbocycles. The summed E-state index contributed by atoms with van der Waals surface area (Å²) < 4.78 is 7.00. The van der Waals surface area contributed by atoms with Crippen molar-refractivity contribution in [3.05, 3.63) is 65.2 Å². The Bertz CT molecular complexity index is 1440. The molecule has 172 valence electrons. The Labute approximate surface area is 200 Å². The number of halogens is 1. The maximum Gasteiger partial charge on any atom is 0.310 e. The van der Waals surface area contributed by atoms with E-state index in [1.165, 1.54) is 7.11 Å². The van der Waals surface area contributed by atoms with Crippen LogP contribution in [0, 0.1) is 5.92 Å². The largest absolute Gasteiger partial charge is 0.506 e. The summed E-state index contributed by atoms with van der Waals surface area (Å²) in [5.41, 5.74) is 5.99. The van der Waals surface area contributed by atoms with Crippen LogP contribution in [0.4, 0.5) is 0 Å². The number of fused-ring (bicyclic) bond motifs is 6. The van der Waals surface area contributed by atoms with Gasteiger partial charge in [-0.05, 0) is 55.3 Å². The van der Waals surface area contributed by atoms with Crippen LogP contribution in [-0.4, -0.2) is 55.8 Å². The van der Waals surface area contributed by atoms with Crippen LogP contribution in [0.25, 0.3) is 28.0 Å². The number of hydrogen-bond acceptors (Lipinski definition) is 7. The van der Waals surface area contributed by atoms with Crippen molar-refractivity contribution in [3.63, 3.8) is 0 Å². The zero-order valence-electron chi connectivity index (χ0n) is 18.6. The number of likely N-dealkylation sites (N-methyl/N-ethyl adjacent to an activating group) is 1. The van der Waals surface area contributed by atoms with Crippen molar-refractivity contribution in [2.75, 3.05) is 14.2 Å². The fourth-order valence-corrected chi connectivity index (χ4v) is 5.61. The quantitative estimate of drug-likeness (QED) is 0.449. The molecule has 8 nitrogen and oxygen atoms in total. The lowest BCUT2D eigenvalue weighted by molar-refractivity contribution is -0.146. The standard InChI is InChI=1S/C25H22ClN5O3/c1-30-18-9-15-12-28-24-21(14-3-4-17(26)20(32)10-14)22(13-5-7-27-8-6-13)29-31(24)23(15)19(30)11-16(18)25(33)34-2/h3-8,10,12,16,18-19,32H,9,11H2,1-2H3/t16?,18-,19-/m1/s1. The van der Waals surface area contributed by atoms with Gasteiger partial charge < -0.3 is 9.84 Å². The van der Waals surface area contributed by atoms with Gasteiger partial charge in [0, 0.05) is 30.2 Å². The molecule has 1 N–H and O–H groups in total. The smallest absolute Gasteiger partial charge is 0.310 e. The lowest BCUT2D eigenvalue weighted by atomic mass is 9.96. The SMILES string of the molecule is COC(=O)C1C[C@@H]2c3c(cnc4c(-c5ccc(Cl)c(O)c5)c(-c5ccncc5)nn34)C[C@H]1N2C. The summed E-state index contributed by atoms with van der Waals surface area (Å²) in [4.78, 5) is 23.7. The summed E-state index contributed by atoms with van der Waals surface area (Å²) in [6.07, 6.45) is 6.71. The first-order chi connectivity index (χ1) is 16.5. The number of benzene rings is 1. The molecule has 1 saturated heterocycles. The van der Waals surface area contributed by atoms with Crippen molar-refractivity contribution in [2.45, 2.75) is 24.9 Å². The fourth-order valence-electron chi connectivity index (χ4n) is 5.50. The number of phenolic OH excluding ortho intramolecular Hbond substituents is 1. The van der Waals surface area contributed by atoms with Gasteiger partial charge in [-0.3, -0.25) is 14.7 Å². The molecule has 4 aromatic rings. The number of rotatable bonds is 3. The molecule has 9 heteroatoms. The number of phenols is 1. The van der Waals surface area contributed by atoms with Gasteiger partial charge in [-0.1, -0.05) is 17.7 Å². The fraction of sp³-hybridized carbons (Fsp3) is 0.280. The van der Waals surface area contributed by atoms with Crippen molar-refractivity contribution in [1.82, 2.24) is 24.5 Å². The summed E-state index contributed by atoms with van der Waals surface area (Å²) in [5.74, 6) is -0.367. The zero-order valence-corrected chi connectivity index (χ0v) is 19.4. The second-order valence-electron chi connectivity index (χ2n) is 8.85. The van der Waals surface area contributed by atoms with Crippen LogP contribution < -0.4 is 0 Å². The molecule has 0 spiro atoms. The lowest BCUT2D eigenvalue weighted by Crippen LogP contribution is -2.39. The third-order valence-corrected chi connectivity index (χ3v) is 7.47. The van der Waals surface area contributed by atoms with E-state index in [0.29, 0.717) is 18.5 Å². The molecule has 5 heterocycles. The first-order valence-electron chi connectivity index (χ1n) is 11.1. The van der Waals surface area contributed by atoms with E-state index in [1.54, 1.807) is 24.5 Å². The minimum absolute atomic E-state index is 0.00329. The average molecular weight is 476 g/mol. The van der Waals surface area contributed by atoms with Crippen LogP contribution in [0.2, 0.25) is 5.02 Å². The van der Waals surface area contributed by atoms with E-state index in [4.69, 9.17) is 26.4 Å². The number of aromatic hydroxyl groups is 1. The Morgan fingerprint density at radius 3 is 2.74 bits per heavy atom. The van der Waals surface area contributed by atoms with Crippen LogP contribution in [-0.2, 0) is 16.0 Å². The number of aromatic nitrogens is 4. The van der Waals surface area contributed by atoms with Gasteiger partial charge in [0.1, 0.15) is 11.4 Å². The highest BCUT2D eigenvalue weighted by Gasteiger charge is 2.49. The predicted molar refractivity (Wildman–Crippen MR) is 126 cm³/mol. The molecule has 2 bridgehead atoms. The minimum atomic E-state index is -0.189. The van der Waals surface area contributed by atoms with Crippen molar-refractivity contribution in [2.24, 2.45) is 5.92 Å². The summed E-state index contributed by atoms with van der Waals surface area (Å²) >= 11 is 6.08. The third-order valence-electron chi connectivity index (χ3n) is 7.15. The lowest BCUT2D eigenvalue weighted by Gasteiger charge is -2.33. The van der Waals surface area contributed by atoms with E-state index in [9.17, 15) is 9.90 Å². The molecule has 34 heavy (non-hydrogen) atoms. The Hall–Kier alpha value is -3.49. The second-order valence-corrected chi connectivity index (χ2v) is 9.26. The number of hydrogen-bond donors (Lipinski definition) is 1. The number of ether oxygens (including phenoxy) is 1. The van der Waals surface area contributed by atoms with Crippen LogP contribution in [0.1, 0.15) is 23.7 Å². The number of esters is 1. The summed E-state index contributed by atoms with van der Waals surface area (Å²) in [6.45, 7) is 0. The van der Waals surface area contributed by atoms with Gasteiger partial charge >= 0.3 is 5.97 Å². The highest BCUT2D eigenvalue weighted by atomic mass is 35.5. The normalized spacial score (nSPS) is 21.6. The van der Waals surface area contributed by atoms with Gasteiger partial charge in [0.25, 0.3) is 0 Å². The average Bonchev–Trinajstić information content (AvgIpc) is 3.33. The maximum absolute atomic E-state index is 12.5. The first-order valence-corrected chi connectivity index (χ1v) is 11.4. The first kappa shape index (κ1) is 21.1. The number of nitrogens with zero attached hydrogens (tertiary/aromatic N) is 5. The van der Waals surface area contributed by atoms with E-state index in [0.717, 1.165) is 33.6 Å². The molecule has 0 aliphatic carbocycles. The molecule has 1 fully saturated rings. The molecule has 6 rings (SSSR count). The second kappa shape index (κ2) is 7.78. The monoisotopic (exact) mass is 475 g/mol. The van der Waals surface area contributed by atoms with E-state index in [2.05, 4.69) is 16.9 Å². The zero-order chi connectivity index (χ0) is 23.6. The summed E-state index contributed by atoms with van der Waals surface area (Å²) in [5, 5.41) is 15.6. The molecular weight excluding hydrogens is 454 g/mol. The molecule has 1 unspecified atom stereocenters. The topological polar surface area (TPSA) is 92.8 Å². The van der Waals surface area contributed by atoms with Crippen LogP contribution in [0.15, 0.2) is 48.9 Å². The minimum Gasteiger partial charge on any atom is -0.506 e. The summed E-state index contributed by atoms with van der Waals surface area (Å²) in [6, 6.07) is 9.05.